The van der Waals surface area contributed by atoms with Crippen LogP contribution in [0.3, 0.4) is 0 Å². The standard InChI is InChI=1S/C11H15NO2/c1-11(7-13)6-12-10-4-3-8(14-2)5-9(10)11/h3-5,12-13H,6-7H2,1-2H3/t11-/m0/s1. The second kappa shape index (κ2) is 3.17. The Kier molecular flexibility index (Phi) is 2.11. The molecule has 76 valence electrons. The van der Waals surface area contributed by atoms with E-state index in [0.29, 0.717) is 0 Å². The largest absolute Gasteiger partial charge is 0.497 e. The van der Waals surface area contributed by atoms with Crippen molar-refractivity contribution in [2.75, 3.05) is 25.6 Å². The fourth-order valence-electron chi connectivity index (χ4n) is 1.83. The van der Waals surface area contributed by atoms with Crippen LogP contribution < -0.4 is 10.1 Å². The third-order valence-corrected chi connectivity index (χ3v) is 2.89. The summed E-state index contributed by atoms with van der Waals surface area (Å²) in [6.07, 6.45) is 0. The van der Waals surface area contributed by atoms with E-state index in [1.54, 1.807) is 7.11 Å². The van der Waals surface area contributed by atoms with E-state index in [1.807, 2.05) is 25.1 Å². The van der Waals surface area contributed by atoms with Crippen molar-refractivity contribution in [2.24, 2.45) is 0 Å². The number of nitrogens with one attached hydrogen (secondary N) is 1. The number of hydrogen-bond donors (Lipinski definition) is 2. The van der Waals surface area contributed by atoms with Crippen molar-refractivity contribution in [1.29, 1.82) is 0 Å². The molecule has 1 heterocycles. The Morgan fingerprint density at radius 1 is 1.57 bits per heavy atom. The van der Waals surface area contributed by atoms with Gasteiger partial charge in [0.1, 0.15) is 5.75 Å². The molecule has 0 fully saturated rings. The van der Waals surface area contributed by atoms with E-state index in [9.17, 15) is 5.11 Å². The summed E-state index contributed by atoms with van der Waals surface area (Å²) in [4.78, 5) is 0. The van der Waals surface area contributed by atoms with Gasteiger partial charge in [0, 0.05) is 17.6 Å². The van der Waals surface area contributed by atoms with Gasteiger partial charge >= 0.3 is 0 Å². The van der Waals surface area contributed by atoms with Gasteiger partial charge in [0.05, 0.1) is 13.7 Å². The summed E-state index contributed by atoms with van der Waals surface area (Å²) in [5.41, 5.74) is 2.06. The van der Waals surface area contributed by atoms with Gasteiger partial charge in [-0.15, -0.1) is 0 Å². The predicted molar refractivity (Wildman–Crippen MR) is 55.9 cm³/mol. The molecule has 0 saturated heterocycles. The number of benzene rings is 1. The zero-order valence-electron chi connectivity index (χ0n) is 8.50. The number of anilines is 1. The molecule has 14 heavy (non-hydrogen) atoms. The minimum atomic E-state index is -0.177. The Labute approximate surface area is 83.7 Å². The van der Waals surface area contributed by atoms with Gasteiger partial charge in [0.15, 0.2) is 0 Å². The zero-order valence-corrected chi connectivity index (χ0v) is 8.50. The number of fused-ring (bicyclic) bond motifs is 1. The van der Waals surface area contributed by atoms with Gasteiger partial charge in [0.25, 0.3) is 0 Å². The van der Waals surface area contributed by atoms with E-state index in [1.165, 1.54) is 0 Å². The monoisotopic (exact) mass is 193 g/mol. The highest BCUT2D eigenvalue weighted by atomic mass is 16.5. The predicted octanol–water partition coefficient (Wildman–Crippen LogP) is 1.37. The molecule has 0 spiro atoms. The van der Waals surface area contributed by atoms with E-state index in [0.717, 1.165) is 23.5 Å². The summed E-state index contributed by atoms with van der Waals surface area (Å²) < 4.78 is 5.17. The summed E-state index contributed by atoms with van der Waals surface area (Å²) >= 11 is 0. The summed E-state index contributed by atoms with van der Waals surface area (Å²) in [5.74, 6) is 0.840. The highest BCUT2D eigenvalue weighted by Gasteiger charge is 2.33. The molecule has 0 aromatic heterocycles. The summed E-state index contributed by atoms with van der Waals surface area (Å²) in [5, 5.41) is 12.6. The maximum Gasteiger partial charge on any atom is 0.119 e. The molecule has 1 atom stereocenters. The Morgan fingerprint density at radius 3 is 3.00 bits per heavy atom. The minimum Gasteiger partial charge on any atom is -0.497 e. The summed E-state index contributed by atoms with van der Waals surface area (Å²) in [7, 11) is 1.65. The maximum atomic E-state index is 9.35. The fourth-order valence-corrected chi connectivity index (χ4v) is 1.83. The van der Waals surface area contributed by atoms with Gasteiger partial charge in [0.2, 0.25) is 0 Å². The molecule has 1 aromatic rings. The van der Waals surface area contributed by atoms with Crippen LogP contribution in [0.2, 0.25) is 0 Å². The quantitative estimate of drug-likeness (QED) is 0.745. The highest BCUT2D eigenvalue weighted by Crippen LogP contribution is 2.38. The van der Waals surface area contributed by atoms with E-state index < -0.39 is 0 Å². The molecule has 1 aromatic carbocycles. The van der Waals surface area contributed by atoms with Crippen LogP contribution in [-0.2, 0) is 5.41 Å². The molecule has 2 rings (SSSR count). The molecule has 0 aliphatic carbocycles. The van der Waals surface area contributed by atoms with Gasteiger partial charge in [-0.25, -0.2) is 0 Å². The second-order valence-corrected chi connectivity index (χ2v) is 3.98. The average Bonchev–Trinajstić information content (AvgIpc) is 2.57. The first-order chi connectivity index (χ1) is 6.69. The normalized spacial score (nSPS) is 24.2. The van der Waals surface area contributed by atoms with Crippen molar-refractivity contribution >= 4 is 5.69 Å². The van der Waals surface area contributed by atoms with Crippen LogP contribution in [0.1, 0.15) is 12.5 Å². The Bertz CT molecular complexity index is 351. The first kappa shape index (κ1) is 9.34. The van der Waals surface area contributed by atoms with Crippen LogP contribution in [0.4, 0.5) is 5.69 Å². The number of ether oxygens (including phenoxy) is 1. The van der Waals surface area contributed by atoms with Gasteiger partial charge in [-0.2, -0.15) is 0 Å². The Morgan fingerprint density at radius 2 is 2.36 bits per heavy atom. The number of aliphatic hydroxyl groups excluding tert-OH is 1. The third kappa shape index (κ3) is 1.24. The van der Waals surface area contributed by atoms with Crippen LogP contribution in [0.5, 0.6) is 5.75 Å². The number of aliphatic hydroxyl groups is 1. The number of rotatable bonds is 2. The molecule has 0 amide bonds. The Balaban J connectivity index is 2.47. The lowest BCUT2D eigenvalue weighted by atomic mass is 9.85. The highest BCUT2D eigenvalue weighted by molar-refractivity contribution is 5.62. The SMILES string of the molecule is COc1ccc2c(c1)[C@](C)(CO)CN2. The molecule has 3 heteroatoms. The van der Waals surface area contributed by atoms with Crippen molar-refractivity contribution < 1.29 is 9.84 Å². The van der Waals surface area contributed by atoms with Crippen LogP contribution >= 0.6 is 0 Å². The molecule has 2 N–H and O–H groups in total. The molecular formula is C11H15NO2. The maximum absolute atomic E-state index is 9.35. The lowest BCUT2D eigenvalue weighted by Gasteiger charge is -2.20. The van der Waals surface area contributed by atoms with Crippen LogP contribution in [-0.4, -0.2) is 25.4 Å². The molecule has 3 nitrogen and oxygen atoms in total. The van der Waals surface area contributed by atoms with Gasteiger partial charge < -0.3 is 15.2 Å². The first-order valence-electron chi connectivity index (χ1n) is 4.73. The van der Waals surface area contributed by atoms with E-state index >= 15 is 0 Å². The van der Waals surface area contributed by atoms with E-state index in [-0.39, 0.29) is 12.0 Å². The van der Waals surface area contributed by atoms with E-state index in [4.69, 9.17) is 4.74 Å². The second-order valence-electron chi connectivity index (χ2n) is 3.98. The van der Waals surface area contributed by atoms with Gasteiger partial charge in [-0.1, -0.05) is 6.92 Å². The number of methoxy groups -OCH3 is 1. The van der Waals surface area contributed by atoms with E-state index in [2.05, 4.69) is 5.32 Å². The molecule has 1 aliphatic rings. The molecule has 0 radical (unpaired) electrons. The first-order valence-corrected chi connectivity index (χ1v) is 4.73. The molecule has 0 saturated carbocycles. The summed E-state index contributed by atoms with van der Waals surface area (Å²) in [6.45, 7) is 2.98. The zero-order chi connectivity index (χ0) is 10.2. The molecule has 0 bridgehead atoms. The Hall–Kier alpha value is -1.22. The van der Waals surface area contributed by atoms with Crippen molar-refractivity contribution in [1.82, 2.24) is 0 Å². The minimum absolute atomic E-state index is 0.153. The van der Waals surface area contributed by atoms with Crippen LogP contribution in [0.15, 0.2) is 18.2 Å². The van der Waals surface area contributed by atoms with Crippen LogP contribution in [0.25, 0.3) is 0 Å². The van der Waals surface area contributed by atoms with Crippen molar-refractivity contribution in [3.05, 3.63) is 23.8 Å². The average molecular weight is 193 g/mol. The fraction of sp³-hybridized carbons (Fsp3) is 0.455. The van der Waals surface area contributed by atoms with Crippen molar-refractivity contribution in [3.63, 3.8) is 0 Å². The summed E-state index contributed by atoms with van der Waals surface area (Å²) in [6, 6.07) is 5.91. The number of hydrogen-bond acceptors (Lipinski definition) is 3. The molecule has 0 unspecified atom stereocenters. The lowest BCUT2D eigenvalue weighted by Crippen LogP contribution is -2.28. The van der Waals surface area contributed by atoms with Crippen molar-refractivity contribution in [3.8, 4) is 5.75 Å². The lowest BCUT2D eigenvalue weighted by molar-refractivity contribution is 0.218. The molecular weight excluding hydrogens is 178 g/mol. The van der Waals surface area contributed by atoms with Crippen LogP contribution in [0, 0.1) is 0 Å². The molecule has 1 aliphatic heterocycles. The third-order valence-electron chi connectivity index (χ3n) is 2.89. The van der Waals surface area contributed by atoms with Crippen molar-refractivity contribution in [2.45, 2.75) is 12.3 Å². The van der Waals surface area contributed by atoms with Gasteiger partial charge in [-0.3, -0.25) is 0 Å². The van der Waals surface area contributed by atoms with Gasteiger partial charge in [-0.05, 0) is 23.8 Å². The topological polar surface area (TPSA) is 41.5 Å². The smallest absolute Gasteiger partial charge is 0.119 e.